The Morgan fingerprint density at radius 2 is 2.00 bits per heavy atom. The highest BCUT2D eigenvalue weighted by atomic mass is 35.5. The zero-order chi connectivity index (χ0) is 13.8. The third kappa shape index (κ3) is 3.32. The molecule has 0 fully saturated rings. The molecule has 2 rings (SSSR count). The largest absolute Gasteiger partial charge is 0.488 e. The van der Waals surface area contributed by atoms with Gasteiger partial charge in [0.1, 0.15) is 17.5 Å². The van der Waals surface area contributed by atoms with Crippen LogP contribution in [0.3, 0.4) is 0 Å². The molecule has 3 nitrogen and oxygen atoms in total. The molecule has 4 heteroatoms. The molecule has 0 amide bonds. The molecule has 0 N–H and O–H groups in total. The standard InChI is InChI=1S/C15H14ClNO2/c1-10-8-13(14(11(2)18)15(16)17-10)19-9-12-6-4-3-5-7-12/h3-8H,9H2,1-2H3. The molecule has 0 aliphatic carbocycles. The van der Waals surface area contributed by atoms with Gasteiger partial charge in [-0.3, -0.25) is 4.79 Å². The van der Waals surface area contributed by atoms with E-state index in [0.29, 0.717) is 17.9 Å². The summed E-state index contributed by atoms with van der Waals surface area (Å²) in [7, 11) is 0. The van der Waals surface area contributed by atoms with Gasteiger partial charge in [0.2, 0.25) is 0 Å². The first-order valence-corrected chi connectivity index (χ1v) is 6.30. The molecule has 0 radical (unpaired) electrons. The van der Waals surface area contributed by atoms with Crippen molar-refractivity contribution in [1.29, 1.82) is 0 Å². The Hall–Kier alpha value is -1.87. The molecule has 0 unspecified atom stereocenters. The second-order valence-corrected chi connectivity index (χ2v) is 4.62. The molecule has 1 aromatic heterocycles. The van der Waals surface area contributed by atoms with Crippen LogP contribution < -0.4 is 4.74 Å². The number of Topliss-reactive ketones (excluding diaryl/α,β-unsaturated/α-hetero) is 1. The summed E-state index contributed by atoms with van der Waals surface area (Å²) in [5, 5.41) is 0.190. The number of hydrogen-bond acceptors (Lipinski definition) is 3. The van der Waals surface area contributed by atoms with Crippen molar-refractivity contribution in [3.05, 3.63) is 58.4 Å². The molecule has 0 saturated heterocycles. The number of pyridine rings is 1. The summed E-state index contributed by atoms with van der Waals surface area (Å²) in [6.07, 6.45) is 0. The molecule has 0 aliphatic heterocycles. The van der Waals surface area contributed by atoms with Crippen molar-refractivity contribution in [3.8, 4) is 5.75 Å². The first-order chi connectivity index (χ1) is 9.08. The van der Waals surface area contributed by atoms with Crippen LogP contribution in [-0.4, -0.2) is 10.8 Å². The Bertz CT molecular complexity index is 597. The van der Waals surface area contributed by atoms with Crippen LogP contribution in [-0.2, 0) is 6.61 Å². The van der Waals surface area contributed by atoms with E-state index in [2.05, 4.69) is 4.98 Å². The predicted octanol–water partition coefficient (Wildman–Crippen LogP) is 3.83. The molecule has 1 heterocycles. The number of carbonyl (C=O) groups excluding carboxylic acids is 1. The maximum Gasteiger partial charge on any atom is 0.166 e. The maximum atomic E-state index is 11.6. The molecule has 0 bridgehead atoms. The summed E-state index contributed by atoms with van der Waals surface area (Å²) < 4.78 is 5.70. The lowest BCUT2D eigenvalue weighted by Gasteiger charge is -2.11. The molecule has 19 heavy (non-hydrogen) atoms. The van der Waals surface area contributed by atoms with Crippen molar-refractivity contribution in [1.82, 2.24) is 4.98 Å². The van der Waals surface area contributed by atoms with Crippen LogP contribution in [0.25, 0.3) is 0 Å². The van der Waals surface area contributed by atoms with Crippen molar-refractivity contribution in [2.45, 2.75) is 20.5 Å². The minimum atomic E-state index is -0.152. The normalized spacial score (nSPS) is 10.3. The number of ketones is 1. The molecular weight excluding hydrogens is 262 g/mol. The molecule has 0 saturated carbocycles. The lowest BCUT2D eigenvalue weighted by atomic mass is 10.1. The summed E-state index contributed by atoms with van der Waals surface area (Å²) in [6, 6.07) is 11.5. The van der Waals surface area contributed by atoms with Crippen LogP contribution in [0.5, 0.6) is 5.75 Å². The van der Waals surface area contributed by atoms with Gasteiger partial charge in [0.25, 0.3) is 0 Å². The van der Waals surface area contributed by atoms with Gasteiger partial charge in [0.15, 0.2) is 5.78 Å². The number of ether oxygens (including phenoxy) is 1. The average molecular weight is 276 g/mol. The van der Waals surface area contributed by atoms with E-state index in [1.807, 2.05) is 37.3 Å². The smallest absolute Gasteiger partial charge is 0.166 e. The van der Waals surface area contributed by atoms with Crippen LogP contribution in [0.15, 0.2) is 36.4 Å². The molecule has 0 spiro atoms. The van der Waals surface area contributed by atoms with Gasteiger partial charge >= 0.3 is 0 Å². The highest BCUT2D eigenvalue weighted by Gasteiger charge is 2.15. The molecular formula is C15H14ClNO2. The highest BCUT2D eigenvalue weighted by molar-refractivity contribution is 6.33. The fourth-order valence-corrected chi connectivity index (χ4v) is 2.13. The van der Waals surface area contributed by atoms with Crippen molar-refractivity contribution in [3.63, 3.8) is 0 Å². The van der Waals surface area contributed by atoms with Crippen molar-refractivity contribution in [2.75, 3.05) is 0 Å². The summed E-state index contributed by atoms with van der Waals surface area (Å²) in [5.41, 5.74) is 2.09. The molecule has 2 aromatic rings. The lowest BCUT2D eigenvalue weighted by Crippen LogP contribution is -2.04. The van der Waals surface area contributed by atoms with Crippen LogP contribution in [0.4, 0.5) is 0 Å². The number of nitrogens with zero attached hydrogens (tertiary/aromatic N) is 1. The zero-order valence-corrected chi connectivity index (χ0v) is 11.6. The van der Waals surface area contributed by atoms with E-state index in [0.717, 1.165) is 11.3 Å². The second kappa shape index (κ2) is 5.85. The Morgan fingerprint density at radius 3 is 2.63 bits per heavy atom. The van der Waals surface area contributed by atoms with E-state index in [9.17, 15) is 4.79 Å². The number of benzene rings is 1. The second-order valence-electron chi connectivity index (χ2n) is 4.26. The van der Waals surface area contributed by atoms with E-state index < -0.39 is 0 Å². The summed E-state index contributed by atoms with van der Waals surface area (Å²) >= 11 is 6.00. The molecule has 1 aromatic carbocycles. The molecule has 0 atom stereocenters. The van der Waals surface area contributed by atoms with Crippen molar-refractivity contribution >= 4 is 17.4 Å². The quantitative estimate of drug-likeness (QED) is 0.629. The predicted molar refractivity (Wildman–Crippen MR) is 74.8 cm³/mol. The first kappa shape index (κ1) is 13.6. The van der Waals surface area contributed by atoms with E-state index in [1.165, 1.54) is 6.92 Å². The van der Waals surface area contributed by atoms with E-state index in [1.54, 1.807) is 6.07 Å². The van der Waals surface area contributed by atoms with Crippen LogP contribution >= 0.6 is 11.6 Å². The Kier molecular flexibility index (Phi) is 4.17. The third-order valence-electron chi connectivity index (χ3n) is 2.66. The third-order valence-corrected chi connectivity index (χ3v) is 2.93. The summed E-state index contributed by atoms with van der Waals surface area (Å²) in [5.74, 6) is 0.328. The van der Waals surface area contributed by atoms with Crippen LogP contribution in [0.2, 0.25) is 5.15 Å². The minimum Gasteiger partial charge on any atom is -0.488 e. The van der Waals surface area contributed by atoms with Gasteiger partial charge in [-0.05, 0) is 19.4 Å². The fourth-order valence-electron chi connectivity index (χ4n) is 1.77. The number of rotatable bonds is 4. The van der Waals surface area contributed by atoms with Gasteiger partial charge in [-0.1, -0.05) is 41.9 Å². The highest BCUT2D eigenvalue weighted by Crippen LogP contribution is 2.27. The van der Waals surface area contributed by atoms with Gasteiger partial charge in [-0.2, -0.15) is 0 Å². The molecule has 98 valence electrons. The van der Waals surface area contributed by atoms with E-state index in [-0.39, 0.29) is 10.9 Å². The van der Waals surface area contributed by atoms with Crippen molar-refractivity contribution in [2.24, 2.45) is 0 Å². The lowest BCUT2D eigenvalue weighted by molar-refractivity contribution is 0.101. The van der Waals surface area contributed by atoms with Gasteiger partial charge < -0.3 is 4.74 Å². The van der Waals surface area contributed by atoms with Crippen LogP contribution in [0.1, 0.15) is 28.5 Å². The van der Waals surface area contributed by atoms with Gasteiger partial charge in [0.05, 0.1) is 5.56 Å². The van der Waals surface area contributed by atoms with E-state index >= 15 is 0 Å². The SMILES string of the molecule is CC(=O)c1c(OCc2ccccc2)cc(C)nc1Cl. The number of hydrogen-bond donors (Lipinski definition) is 0. The first-order valence-electron chi connectivity index (χ1n) is 5.92. The van der Waals surface area contributed by atoms with Crippen molar-refractivity contribution < 1.29 is 9.53 Å². The van der Waals surface area contributed by atoms with Gasteiger partial charge in [-0.25, -0.2) is 4.98 Å². The fraction of sp³-hybridized carbons (Fsp3) is 0.200. The minimum absolute atomic E-state index is 0.152. The number of aromatic nitrogens is 1. The maximum absolute atomic E-state index is 11.6. The summed E-state index contributed by atoms with van der Waals surface area (Å²) in [4.78, 5) is 15.7. The average Bonchev–Trinajstić information content (AvgIpc) is 2.36. The van der Waals surface area contributed by atoms with Crippen LogP contribution in [0, 0.1) is 6.92 Å². The Labute approximate surface area is 117 Å². The monoisotopic (exact) mass is 275 g/mol. The number of aryl methyl sites for hydroxylation is 1. The molecule has 0 aliphatic rings. The number of halogens is 1. The Balaban J connectivity index is 2.27. The van der Waals surface area contributed by atoms with E-state index in [4.69, 9.17) is 16.3 Å². The summed E-state index contributed by atoms with van der Waals surface area (Å²) in [6.45, 7) is 3.65. The Morgan fingerprint density at radius 1 is 1.32 bits per heavy atom. The van der Waals surface area contributed by atoms with Gasteiger partial charge in [-0.15, -0.1) is 0 Å². The number of carbonyl (C=O) groups is 1. The topological polar surface area (TPSA) is 39.2 Å². The zero-order valence-electron chi connectivity index (χ0n) is 10.8. The van der Waals surface area contributed by atoms with Gasteiger partial charge in [0, 0.05) is 11.8 Å².